The molecule has 2 aromatic heterocycles. The largest absolute Gasteiger partial charge is 0.301 e. The molecule has 4 rings (SSSR count). The van der Waals surface area contributed by atoms with Gasteiger partial charge in [0, 0.05) is 11.8 Å². The van der Waals surface area contributed by atoms with Crippen LogP contribution in [0, 0.1) is 11.3 Å². The van der Waals surface area contributed by atoms with Gasteiger partial charge in [-0.05, 0) is 29.0 Å². The Balaban J connectivity index is 1.99. The van der Waals surface area contributed by atoms with Gasteiger partial charge in [-0.1, -0.05) is 48.0 Å². The molecule has 0 aliphatic rings. The lowest BCUT2D eigenvalue weighted by atomic mass is 10.0. The normalized spacial score (nSPS) is 11.0. The van der Waals surface area contributed by atoms with E-state index in [-0.39, 0.29) is 6.42 Å². The fraction of sp³-hybridized carbons (Fsp3) is 0.0526. The van der Waals surface area contributed by atoms with Crippen LogP contribution in [0.4, 0.5) is 0 Å². The molecule has 0 fully saturated rings. The Hall–Kier alpha value is -2.83. The SMILES string of the molecule is N#CCc1c(-c2ccc3ccccc3c2)nc2ccc(Cl)cn12. The molecule has 0 bridgehead atoms. The number of nitrogens with zero attached hydrogens (tertiary/aromatic N) is 3. The summed E-state index contributed by atoms with van der Waals surface area (Å²) in [5, 5.41) is 12.2. The molecule has 0 atom stereocenters. The van der Waals surface area contributed by atoms with Crippen molar-refractivity contribution < 1.29 is 0 Å². The minimum absolute atomic E-state index is 0.281. The van der Waals surface area contributed by atoms with Crippen LogP contribution in [0.5, 0.6) is 0 Å². The number of imidazole rings is 1. The highest BCUT2D eigenvalue weighted by Gasteiger charge is 2.14. The van der Waals surface area contributed by atoms with Crippen LogP contribution in [0.15, 0.2) is 60.8 Å². The molecule has 0 N–H and O–H groups in total. The number of fused-ring (bicyclic) bond motifs is 2. The van der Waals surface area contributed by atoms with E-state index >= 15 is 0 Å². The Morgan fingerprint density at radius 1 is 1.04 bits per heavy atom. The van der Waals surface area contributed by atoms with Crippen LogP contribution in [-0.4, -0.2) is 9.38 Å². The lowest BCUT2D eigenvalue weighted by Gasteiger charge is -2.04. The van der Waals surface area contributed by atoms with Crippen LogP contribution in [0.3, 0.4) is 0 Å². The molecule has 0 aliphatic carbocycles. The predicted molar refractivity (Wildman–Crippen MR) is 92.5 cm³/mol. The molecule has 0 amide bonds. The van der Waals surface area contributed by atoms with Gasteiger partial charge in [-0.2, -0.15) is 5.26 Å². The Morgan fingerprint density at radius 3 is 2.70 bits per heavy atom. The average molecular weight is 318 g/mol. The van der Waals surface area contributed by atoms with E-state index in [0.29, 0.717) is 5.02 Å². The van der Waals surface area contributed by atoms with Crippen molar-refractivity contribution in [2.75, 3.05) is 0 Å². The summed E-state index contributed by atoms with van der Waals surface area (Å²) < 4.78 is 1.90. The summed E-state index contributed by atoms with van der Waals surface area (Å²) >= 11 is 6.09. The zero-order chi connectivity index (χ0) is 15.8. The first-order valence-electron chi connectivity index (χ1n) is 7.29. The number of halogens is 1. The third kappa shape index (κ3) is 2.34. The van der Waals surface area contributed by atoms with Gasteiger partial charge in [-0.15, -0.1) is 0 Å². The highest BCUT2D eigenvalue weighted by Crippen LogP contribution is 2.28. The minimum atomic E-state index is 0.281. The molecule has 2 heterocycles. The summed E-state index contributed by atoms with van der Waals surface area (Å²) in [4.78, 5) is 4.70. The zero-order valence-electron chi connectivity index (χ0n) is 12.2. The molecule has 0 saturated carbocycles. The van der Waals surface area contributed by atoms with Crippen molar-refractivity contribution in [2.45, 2.75) is 6.42 Å². The van der Waals surface area contributed by atoms with Gasteiger partial charge in [-0.3, -0.25) is 0 Å². The van der Waals surface area contributed by atoms with Crippen LogP contribution >= 0.6 is 11.6 Å². The number of benzene rings is 2. The fourth-order valence-electron chi connectivity index (χ4n) is 2.88. The highest BCUT2D eigenvalue weighted by molar-refractivity contribution is 6.30. The van der Waals surface area contributed by atoms with Crippen LogP contribution in [0.1, 0.15) is 5.69 Å². The lowest BCUT2D eigenvalue weighted by Crippen LogP contribution is -1.93. The Bertz CT molecular complexity index is 1070. The summed E-state index contributed by atoms with van der Waals surface area (Å²) in [6.07, 6.45) is 2.09. The van der Waals surface area contributed by atoms with Crippen LogP contribution < -0.4 is 0 Å². The van der Waals surface area contributed by atoms with E-state index in [0.717, 1.165) is 28.0 Å². The lowest BCUT2D eigenvalue weighted by molar-refractivity contribution is 1.06. The summed E-state index contributed by atoms with van der Waals surface area (Å²) in [6.45, 7) is 0. The third-order valence-corrected chi connectivity index (χ3v) is 4.17. The highest BCUT2D eigenvalue weighted by atomic mass is 35.5. The van der Waals surface area contributed by atoms with Crippen molar-refractivity contribution in [1.29, 1.82) is 5.26 Å². The molecule has 0 radical (unpaired) electrons. The molecule has 2 aromatic carbocycles. The molecule has 4 aromatic rings. The first-order chi connectivity index (χ1) is 11.3. The monoisotopic (exact) mass is 317 g/mol. The van der Waals surface area contributed by atoms with Gasteiger partial charge in [0.25, 0.3) is 0 Å². The molecular formula is C19H12ClN3. The summed E-state index contributed by atoms with van der Waals surface area (Å²) in [6, 6.07) is 20.3. The van der Waals surface area contributed by atoms with Gasteiger partial charge in [0.2, 0.25) is 0 Å². The molecular weight excluding hydrogens is 306 g/mol. The van der Waals surface area contributed by atoms with Gasteiger partial charge in [0.15, 0.2) is 0 Å². The summed E-state index contributed by atoms with van der Waals surface area (Å²) in [7, 11) is 0. The molecule has 23 heavy (non-hydrogen) atoms. The zero-order valence-corrected chi connectivity index (χ0v) is 13.0. The van der Waals surface area contributed by atoms with Crippen molar-refractivity contribution in [3.8, 4) is 17.3 Å². The second-order valence-electron chi connectivity index (χ2n) is 5.38. The fourth-order valence-corrected chi connectivity index (χ4v) is 3.04. The van der Waals surface area contributed by atoms with Crippen LogP contribution in [0.2, 0.25) is 5.02 Å². The van der Waals surface area contributed by atoms with E-state index in [1.807, 2.05) is 34.7 Å². The van der Waals surface area contributed by atoms with Gasteiger partial charge < -0.3 is 4.40 Å². The second kappa shape index (κ2) is 5.42. The van der Waals surface area contributed by atoms with Gasteiger partial charge in [0.05, 0.1) is 28.9 Å². The average Bonchev–Trinajstić information content (AvgIpc) is 2.93. The topological polar surface area (TPSA) is 41.1 Å². The smallest absolute Gasteiger partial charge is 0.137 e. The van der Waals surface area contributed by atoms with E-state index < -0.39 is 0 Å². The van der Waals surface area contributed by atoms with E-state index in [1.165, 1.54) is 5.39 Å². The molecule has 0 spiro atoms. The van der Waals surface area contributed by atoms with Crippen molar-refractivity contribution in [3.63, 3.8) is 0 Å². The van der Waals surface area contributed by atoms with Crippen molar-refractivity contribution in [2.24, 2.45) is 0 Å². The molecule has 3 nitrogen and oxygen atoms in total. The molecule has 0 saturated heterocycles. The van der Waals surface area contributed by atoms with E-state index in [9.17, 15) is 5.26 Å². The van der Waals surface area contributed by atoms with E-state index in [2.05, 4.69) is 30.3 Å². The number of pyridine rings is 1. The number of rotatable bonds is 2. The molecule has 110 valence electrons. The molecule has 4 heteroatoms. The molecule has 0 unspecified atom stereocenters. The van der Waals surface area contributed by atoms with Crippen LogP contribution in [-0.2, 0) is 6.42 Å². The second-order valence-corrected chi connectivity index (χ2v) is 5.82. The van der Waals surface area contributed by atoms with Crippen molar-refractivity contribution in [3.05, 3.63) is 71.5 Å². The maximum absolute atomic E-state index is 9.19. The Labute approximate surface area is 138 Å². The van der Waals surface area contributed by atoms with Crippen LogP contribution in [0.25, 0.3) is 27.7 Å². The Kier molecular flexibility index (Phi) is 3.25. The minimum Gasteiger partial charge on any atom is -0.301 e. The number of aromatic nitrogens is 2. The third-order valence-electron chi connectivity index (χ3n) is 3.95. The maximum atomic E-state index is 9.19. The van der Waals surface area contributed by atoms with Gasteiger partial charge >= 0.3 is 0 Å². The standard InChI is InChI=1S/C19H12ClN3/c20-16-7-8-18-22-19(17(9-10-21)23(18)12-16)15-6-5-13-3-1-2-4-14(13)11-15/h1-8,11-12H,9H2. The maximum Gasteiger partial charge on any atom is 0.137 e. The molecule has 0 aliphatic heterocycles. The Morgan fingerprint density at radius 2 is 1.87 bits per heavy atom. The first kappa shape index (κ1) is 13.8. The van der Waals surface area contributed by atoms with Gasteiger partial charge in [0.1, 0.15) is 5.65 Å². The first-order valence-corrected chi connectivity index (χ1v) is 7.67. The van der Waals surface area contributed by atoms with Gasteiger partial charge in [-0.25, -0.2) is 4.98 Å². The number of hydrogen-bond donors (Lipinski definition) is 0. The van der Waals surface area contributed by atoms with Crippen molar-refractivity contribution in [1.82, 2.24) is 9.38 Å². The quantitative estimate of drug-likeness (QED) is 0.529. The number of nitriles is 1. The predicted octanol–water partition coefficient (Wildman–Crippen LogP) is 4.87. The van der Waals surface area contributed by atoms with E-state index in [1.54, 1.807) is 6.20 Å². The van der Waals surface area contributed by atoms with Crippen molar-refractivity contribution >= 4 is 28.0 Å². The van der Waals surface area contributed by atoms with E-state index in [4.69, 9.17) is 16.6 Å². The number of hydrogen-bond acceptors (Lipinski definition) is 2. The summed E-state index contributed by atoms with van der Waals surface area (Å²) in [5.41, 5.74) is 3.50. The summed E-state index contributed by atoms with van der Waals surface area (Å²) in [5.74, 6) is 0.